The van der Waals surface area contributed by atoms with Crippen molar-refractivity contribution in [2.24, 2.45) is 0 Å². The van der Waals surface area contributed by atoms with Gasteiger partial charge in [0, 0.05) is 10.8 Å². The predicted octanol–water partition coefficient (Wildman–Crippen LogP) is 8.20. The summed E-state index contributed by atoms with van der Waals surface area (Å²) < 4.78 is 0. The van der Waals surface area contributed by atoms with Crippen LogP contribution in [0.5, 0.6) is 0 Å². The van der Waals surface area contributed by atoms with Crippen LogP contribution in [0.4, 0.5) is 0 Å². The first kappa shape index (κ1) is 30.1. The first-order chi connectivity index (χ1) is 19.2. The van der Waals surface area contributed by atoms with E-state index in [1.165, 1.54) is 40.7 Å². The summed E-state index contributed by atoms with van der Waals surface area (Å²) in [4.78, 5) is 2.62. The van der Waals surface area contributed by atoms with Gasteiger partial charge >= 0.3 is 0 Å². The van der Waals surface area contributed by atoms with Gasteiger partial charge in [0.2, 0.25) is 0 Å². The van der Waals surface area contributed by atoms with E-state index < -0.39 is 0 Å². The molecule has 1 saturated heterocycles. The van der Waals surface area contributed by atoms with E-state index >= 15 is 0 Å². The lowest BCUT2D eigenvalue weighted by Gasteiger charge is -2.43. The number of unbranched alkanes of at least 4 members (excludes halogenated alkanes) is 1. The number of aliphatic hydroxyl groups excluding tert-OH is 1. The summed E-state index contributed by atoms with van der Waals surface area (Å²) in [6.45, 7) is 5.50. The Hall–Kier alpha value is -2.91. The first-order valence-electron chi connectivity index (χ1n) is 14.8. The van der Waals surface area contributed by atoms with Crippen LogP contribution in [0.15, 0.2) is 115 Å². The van der Waals surface area contributed by atoms with E-state index in [4.69, 9.17) is 0 Å². The zero-order valence-corrected chi connectivity index (χ0v) is 24.7. The van der Waals surface area contributed by atoms with E-state index in [9.17, 15) is 5.11 Å². The lowest BCUT2D eigenvalue weighted by Crippen LogP contribution is -2.46. The minimum Gasteiger partial charge on any atom is -0.395 e. The molecule has 5 rings (SSSR count). The summed E-state index contributed by atoms with van der Waals surface area (Å²) >= 11 is 0. The van der Waals surface area contributed by atoms with Crippen LogP contribution in [0.3, 0.4) is 0 Å². The minimum absolute atomic E-state index is 0. The van der Waals surface area contributed by atoms with Crippen molar-refractivity contribution < 1.29 is 5.11 Å². The molecule has 40 heavy (non-hydrogen) atoms. The summed E-state index contributed by atoms with van der Waals surface area (Å²) in [5, 5.41) is 10.4. The van der Waals surface area contributed by atoms with Crippen LogP contribution >= 0.6 is 12.4 Å². The van der Waals surface area contributed by atoms with Gasteiger partial charge in [-0.2, -0.15) is 0 Å². The van der Waals surface area contributed by atoms with E-state index in [1.807, 2.05) is 0 Å². The number of benzene rings is 4. The van der Waals surface area contributed by atoms with Gasteiger partial charge in [-0.15, -0.1) is 12.4 Å². The molecule has 4 aromatic rings. The van der Waals surface area contributed by atoms with Crippen molar-refractivity contribution in [1.82, 2.24) is 4.90 Å². The highest BCUT2D eigenvalue weighted by Gasteiger charge is 2.39. The Morgan fingerprint density at radius 1 is 0.700 bits per heavy atom. The summed E-state index contributed by atoms with van der Waals surface area (Å²) in [6, 6.07) is 42.3. The van der Waals surface area contributed by atoms with Crippen LogP contribution in [0.25, 0.3) is 0 Å². The largest absolute Gasteiger partial charge is 0.395 e. The van der Waals surface area contributed by atoms with Crippen LogP contribution in [0, 0.1) is 0 Å². The number of aliphatic hydroxyl groups is 1. The third-order valence-corrected chi connectivity index (χ3v) is 9.10. The highest BCUT2D eigenvalue weighted by Crippen LogP contribution is 2.43. The number of likely N-dealkylation sites (tertiary alicyclic amines) is 1. The van der Waals surface area contributed by atoms with E-state index in [2.05, 4.69) is 127 Å². The molecule has 3 heteroatoms. The maximum atomic E-state index is 10.4. The molecule has 0 aliphatic carbocycles. The summed E-state index contributed by atoms with van der Waals surface area (Å²) in [6.07, 6.45) is 6.58. The molecule has 0 amide bonds. The number of hydrogen-bond donors (Lipinski definition) is 1. The quantitative estimate of drug-likeness (QED) is 0.189. The van der Waals surface area contributed by atoms with Crippen molar-refractivity contribution in [3.05, 3.63) is 143 Å². The molecule has 1 fully saturated rings. The molecular formula is C37H44ClNO. The average molecular weight is 554 g/mol. The normalized spacial score (nSPS) is 15.3. The lowest BCUT2D eigenvalue weighted by molar-refractivity contribution is 0.0983. The maximum absolute atomic E-state index is 10.4. The number of hydrogen-bond acceptors (Lipinski definition) is 2. The molecule has 1 heterocycles. The third-order valence-electron chi connectivity index (χ3n) is 9.10. The third kappa shape index (κ3) is 6.36. The molecule has 0 saturated carbocycles. The number of piperidine rings is 1. The van der Waals surface area contributed by atoms with Gasteiger partial charge < -0.3 is 10.0 Å². The summed E-state index contributed by atoms with van der Waals surface area (Å²) in [5.74, 6) is 0. The molecule has 0 unspecified atom stereocenters. The lowest BCUT2D eigenvalue weighted by atomic mass is 9.67. The predicted molar refractivity (Wildman–Crippen MR) is 171 cm³/mol. The first-order valence-corrected chi connectivity index (χ1v) is 14.8. The molecule has 1 aliphatic rings. The summed E-state index contributed by atoms with van der Waals surface area (Å²) in [7, 11) is 0. The Balaban J connectivity index is 0.00000370. The van der Waals surface area contributed by atoms with Crippen LogP contribution in [0.1, 0.15) is 66.8 Å². The monoisotopic (exact) mass is 553 g/mol. The second kappa shape index (κ2) is 14.1. The topological polar surface area (TPSA) is 23.5 Å². The average Bonchev–Trinajstić information content (AvgIpc) is 3.03. The molecule has 0 atom stereocenters. The van der Waals surface area contributed by atoms with Crippen LogP contribution in [0.2, 0.25) is 0 Å². The van der Waals surface area contributed by atoms with Gasteiger partial charge in [-0.3, -0.25) is 0 Å². The molecule has 210 valence electrons. The standard InChI is InChI=1S/C37H43NO.ClH/c1-2-3-13-31-20-22-35(23-21-31)37(33-16-9-5-10-17-33,34-18-11-6-12-19-34)26-29-38-27-24-36(30-39,25-28-38)32-14-7-4-8-15-32;/h4-12,14-23,39H,2-3,13,24-30H2,1H3;1H. The Labute approximate surface area is 247 Å². The summed E-state index contributed by atoms with van der Waals surface area (Å²) in [5.41, 5.74) is 6.42. The molecule has 0 spiro atoms. The second-order valence-electron chi connectivity index (χ2n) is 11.3. The highest BCUT2D eigenvalue weighted by atomic mass is 35.5. The Kier molecular flexibility index (Phi) is 10.6. The van der Waals surface area contributed by atoms with Crippen LogP contribution in [-0.4, -0.2) is 36.2 Å². The number of halogens is 1. The number of nitrogens with zero attached hydrogens (tertiary/aromatic N) is 1. The molecule has 0 aromatic heterocycles. The van der Waals surface area contributed by atoms with Gasteiger partial charge in [0.15, 0.2) is 0 Å². The van der Waals surface area contributed by atoms with Crippen molar-refractivity contribution in [3.8, 4) is 0 Å². The second-order valence-corrected chi connectivity index (χ2v) is 11.3. The number of aryl methyl sites for hydroxylation is 1. The molecule has 2 nitrogen and oxygen atoms in total. The van der Waals surface area contributed by atoms with E-state index in [-0.39, 0.29) is 29.8 Å². The fourth-order valence-electron chi connectivity index (χ4n) is 6.58. The van der Waals surface area contributed by atoms with Gasteiger partial charge in [-0.1, -0.05) is 129 Å². The Morgan fingerprint density at radius 3 is 1.70 bits per heavy atom. The van der Waals surface area contributed by atoms with Crippen LogP contribution in [-0.2, 0) is 17.3 Å². The van der Waals surface area contributed by atoms with Crippen molar-refractivity contribution in [2.45, 2.75) is 56.3 Å². The minimum atomic E-state index is -0.225. The van der Waals surface area contributed by atoms with E-state index in [0.717, 1.165) is 45.3 Å². The molecule has 0 bridgehead atoms. The van der Waals surface area contributed by atoms with Gasteiger partial charge in [0.25, 0.3) is 0 Å². The molecule has 0 radical (unpaired) electrons. The number of rotatable bonds is 11. The van der Waals surface area contributed by atoms with Crippen molar-refractivity contribution >= 4 is 12.4 Å². The van der Waals surface area contributed by atoms with Gasteiger partial charge in [-0.25, -0.2) is 0 Å². The fraction of sp³-hybridized carbons (Fsp3) is 0.351. The van der Waals surface area contributed by atoms with Crippen molar-refractivity contribution in [3.63, 3.8) is 0 Å². The Bertz CT molecular complexity index is 1230. The SMILES string of the molecule is CCCCc1ccc(C(CCN2CCC(CO)(c3ccccc3)CC2)(c2ccccc2)c2ccccc2)cc1.Cl. The molecular weight excluding hydrogens is 510 g/mol. The van der Waals surface area contributed by atoms with Gasteiger partial charge in [0.1, 0.15) is 0 Å². The van der Waals surface area contributed by atoms with Crippen molar-refractivity contribution in [2.75, 3.05) is 26.2 Å². The highest BCUT2D eigenvalue weighted by molar-refractivity contribution is 5.85. The molecule has 1 N–H and O–H groups in total. The van der Waals surface area contributed by atoms with Crippen molar-refractivity contribution in [1.29, 1.82) is 0 Å². The Morgan fingerprint density at radius 2 is 1.20 bits per heavy atom. The van der Waals surface area contributed by atoms with E-state index in [0.29, 0.717) is 0 Å². The van der Waals surface area contributed by atoms with Crippen LogP contribution < -0.4 is 0 Å². The molecule has 4 aromatic carbocycles. The zero-order valence-electron chi connectivity index (χ0n) is 23.8. The smallest absolute Gasteiger partial charge is 0.0528 e. The van der Waals surface area contributed by atoms with Gasteiger partial charge in [-0.05, 0) is 79.6 Å². The zero-order chi connectivity index (χ0) is 27.0. The maximum Gasteiger partial charge on any atom is 0.0528 e. The van der Waals surface area contributed by atoms with E-state index in [1.54, 1.807) is 0 Å². The fourth-order valence-corrected chi connectivity index (χ4v) is 6.58. The molecule has 1 aliphatic heterocycles. The van der Waals surface area contributed by atoms with Gasteiger partial charge in [0.05, 0.1) is 6.61 Å².